The summed E-state index contributed by atoms with van der Waals surface area (Å²) in [7, 11) is 0. The van der Waals surface area contributed by atoms with Crippen molar-refractivity contribution in [1.29, 1.82) is 0 Å². The van der Waals surface area contributed by atoms with E-state index in [-0.39, 0.29) is 46.0 Å². The van der Waals surface area contributed by atoms with E-state index in [1.807, 2.05) is 30.3 Å². The van der Waals surface area contributed by atoms with Crippen LogP contribution in [0.1, 0.15) is 27.2 Å². The van der Waals surface area contributed by atoms with Gasteiger partial charge in [0.25, 0.3) is 0 Å². The number of tetrazole rings is 1. The molecule has 0 atom stereocenters. The fourth-order valence-corrected chi connectivity index (χ4v) is 3.84. The Hall–Kier alpha value is -3.95. The maximum atomic E-state index is 13.7. The van der Waals surface area contributed by atoms with E-state index in [4.69, 9.17) is 32.7 Å². The molecule has 0 saturated carbocycles. The van der Waals surface area contributed by atoms with Crippen LogP contribution in [0.3, 0.4) is 0 Å². The van der Waals surface area contributed by atoms with Crippen molar-refractivity contribution in [3.05, 3.63) is 94.4 Å². The van der Waals surface area contributed by atoms with Crippen molar-refractivity contribution >= 4 is 41.3 Å². The molecular weight excluding hydrogens is 491 g/mol. The van der Waals surface area contributed by atoms with Crippen molar-refractivity contribution in [2.75, 3.05) is 6.61 Å². The van der Waals surface area contributed by atoms with Gasteiger partial charge in [-0.1, -0.05) is 66.7 Å². The van der Waals surface area contributed by atoms with Gasteiger partial charge in [-0.3, -0.25) is 4.79 Å². The maximum Gasteiger partial charge on any atom is 0.228 e. The average Bonchev–Trinajstić information content (AvgIpc) is 3.52. The first-order valence-corrected chi connectivity index (χ1v) is 11.2. The quantitative estimate of drug-likeness (QED) is 0.267. The van der Waals surface area contributed by atoms with E-state index in [0.717, 1.165) is 5.56 Å². The summed E-state index contributed by atoms with van der Waals surface area (Å²) in [6, 6.07) is 12.6. The zero-order chi connectivity index (χ0) is 24.8. The van der Waals surface area contributed by atoms with Gasteiger partial charge in [0, 0.05) is 11.8 Å². The number of benzene rings is 2. The second-order valence-electron chi connectivity index (χ2n) is 7.16. The Morgan fingerprint density at radius 3 is 2.57 bits per heavy atom. The second-order valence-corrected chi connectivity index (χ2v) is 7.94. The molecule has 2 aromatic carbocycles. The summed E-state index contributed by atoms with van der Waals surface area (Å²) in [5.41, 5.74) is 1.61. The summed E-state index contributed by atoms with van der Waals surface area (Å²) in [5.74, 6) is -0.0331. The van der Waals surface area contributed by atoms with E-state index in [2.05, 4.69) is 33.8 Å². The van der Waals surface area contributed by atoms with Gasteiger partial charge in [0.1, 0.15) is 30.8 Å². The molecule has 4 aromatic rings. The van der Waals surface area contributed by atoms with Gasteiger partial charge < -0.3 is 9.47 Å². The Morgan fingerprint density at radius 2 is 1.89 bits per heavy atom. The molecular formula is C24H20Cl2N6O3. The summed E-state index contributed by atoms with van der Waals surface area (Å²) in [6.45, 7) is 8.30. The molecule has 2 heterocycles. The van der Waals surface area contributed by atoms with Crippen molar-refractivity contribution in [3.8, 4) is 11.6 Å². The number of carbonyl (C=O) groups excluding carboxylic acids is 1. The van der Waals surface area contributed by atoms with Crippen LogP contribution in [0.25, 0.3) is 12.3 Å². The van der Waals surface area contributed by atoms with E-state index in [1.165, 1.54) is 34.0 Å². The third kappa shape index (κ3) is 5.26. The van der Waals surface area contributed by atoms with E-state index >= 15 is 0 Å². The van der Waals surface area contributed by atoms with Crippen LogP contribution in [-0.4, -0.2) is 42.4 Å². The Labute approximate surface area is 211 Å². The smallest absolute Gasteiger partial charge is 0.228 e. The third-order valence-electron chi connectivity index (χ3n) is 4.96. The number of ether oxygens (including phenoxy) is 2. The van der Waals surface area contributed by atoms with E-state index in [1.54, 1.807) is 6.07 Å². The highest BCUT2D eigenvalue weighted by molar-refractivity contribution is 6.40. The van der Waals surface area contributed by atoms with Crippen molar-refractivity contribution in [2.24, 2.45) is 0 Å². The number of carbonyl (C=O) groups is 1. The third-order valence-corrected chi connectivity index (χ3v) is 5.63. The molecule has 178 valence electrons. The van der Waals surface area contributed by atoms with Gasteiger partial charge in [-0.25, -0.2) is 9.36 Å². The maximum absolute atomic E-state index is 13.7. The number of hydrogen-bond acceptors (Lipinski definition) is 7. The monoisotopic (exact) mass is 510 g/mol. The van der Waals surface area contributed by atoms with Gasteiger partial charge in [-0.2, -0.15) is 5.10 Å². The summed E-state index contributed by atoms with van der Waals surface area (Å²) < 4.78 is 14.7. The van der Waals surface area contributed by atoms with Crippen molar-refractivity contribution in [3.63, 3.8) is 0 Å². The van der Waals surface area contributed by atoms with Crippen LogP contribution >= 0.6 is 23.2 Å². The lowest BCUT2D eigenvalue weighted by Gasteiger charge is -2.13. The van der Waals surface area contributed by atoms with Crippen LogP contribution in [0.5, 0.6) is 11.6 Å². The Morgan fingerprint density at radius 1 is 1.09 bits per heavy atom. The van der Waals surface area contributed by atoms with Crippen LogP contribution in [0.4, 0.5) is 0 Å². The molecule has 0 spiro atoms. The largest absolute Gasteiger partial charge is 0.488 e. The predicted molar refractivity (Wildman–Crippen MR) is 133 cm³/mol. The second kappa shape index (κ2) is 11.0. The highest BCUT2D eigenvalue weighted by atomic mass is 35.5. The molecule has 9 nitrogen and oxygen atoms in total. The van der Waals surface area contributed by atoms with Crippen LogP contribution in [-0.2, 0) is 13.2 Å². The number of nitrogens with zero attached hydrogens (tertiary/aromatic N) is 6. The zero-order valence-corrected chi connectivity index (χ0v) is 20.0. The first-order chi connectivity index (χ1) is 17.0. The van der Waals surface area contributed by atoms with Gasteiger partial charge in [0.2, 0.25) is 11.7 Å². The van der Waals surface area contributed by atoms with Gasteiger partial charge >= 0.3 is 0 Å². The molecule has 0 aliphatic rings. The predicted octanol–water partition coefficient (Wildman–Crippen LogP) is 4.81. The molecule has 4 rings (SSSR count). The van der Waals surface area contributed by atoms with Crippen molar-refractivity contribution in [2.45, 2.75) is 13.2 Å². The fourth-order valence-electron chi connectivity index (χ4n) is 3.28. The summed E-state index contributed by atoms with van der Waals surface area (Å²) >= 11 is 12.9. The minimum absolute atomic E-state index is 0.0644. The van der Waals surface area contributed by atoms with Gasteiger partial charge in [0.05, 0.1) is 16.6 Å². The van der Waals surface area contributed by atoms with Crippen molar-refractivity contribution in [1.82, 2.24) is 30.0 Å². The molecule has 2 aromatic heterocycles. The van der Waals surface area contributed by atoms with Crippen LogP contribution < -0.4 is 9.47 Å². The molecule has 35 heavy (non-hydrogen) atoms. The van der Waals surface area contributed by atoms with Gasteiger partial charge in [-0.15, -0.1) is 5.10 Å². The zero-order valence-electron chi connectivity index (χ0n) is 18.5. The fraction of sp³-hybridized carbons (Fsp3) is 0.125. The summed E-state index contributed by atoms with van der Waals surface area (Å²) in [5, 5.41) is 15.6. The number of hydrogen-bond donors (Lipinski definition) is 0. The van der Waals surface area contributed by atoms with E-state index in [0.29, 0.717) is 12.2 Å². The van der Waals surface area contributed by atoms with Crippen LogP contribution in [0.15, 0.2) is 61.9 Å². The molecule has 0 aliphatic carbocycles. The standard InChI is InChI=1S/C24H20Cl2N6O3/c1-3-19-20(24(32(4-2)28-19)35-14-16-8-6-5-7-9-16)22(33)17-10-11-18(25)23(21(17)26)34-13-12-31-15-27-29-30-31/h3-11,15H,1-2,12-14H2. The molecule has 0 unspecified atom stereocenters. The number of halogens is 2. The molecule has 0 radical (unpaired) electrons. The lowest BCUT2D eigenvalue weighted by atomic mass is 10.0. The molecule has 0 saturated heterocycles. The number of rotatable bonds is 11. The SMILES string of the molecule is C=Cc1nn(C=C)c(OCc2ccccc2)c1C(=O)c1ccc(Cl)c(OCCn2cnnn2)c1Cl. The Bertz CT molecular complexity index is 1350. The molecule has 0 N–H and O–H groups in total. The van der Waals surface area contributed by atoms with Crippen LogP contribution in [0.2, 0.25) is 10.0 Å². The molecule has 11 heteroatoms. The van der Waals surface area contributed by atoms with E-state index < -0.39 is 5.78 Å². The summed E-state index contributed by atoms with van der Waals surface area (Å²) in [6.07, 6.45) is 4.37. The highest BCUT2D eigenvalue weighted by Crippen LogP contribution is 2.38. The Kier molecular flexibility index (Phi) is 7.59. The molecule has 0 fully saturated rings. The Balaban J connectivity index is 1.65. The highest BCUT2D eigenvalue weighted by Gasteiger charge is 2.28. The number of aromatic nitrogens is 6. The first-order valence-electron chi connectivity index (χ1n) is 10.4. The summed E-state index contributed by atoms with van der Waals surface area (Å²) in [4.78, 5) is 13.7. The van der Waals surface area contributed by atoms with Gasteiger partial charge in [-0.05, 0) is 34.2 Å². The topological polar surface area (TPSA) is 97.0 Å². The first kappa shape index (κ1) is 24.2. The lowest BCUT2D eigenvalue weighted by Crippen LogP contribution is -2.11. The molecule has 0 bridgehead atoms. The minimum Gasteiger partial charge on any atom is -0.488 e. The normalized spacial score (nSPS) is 10.7. The molecule has 0 amide bonds. The number of ketones is 1. The lowest BCUT2D eigenvalue weighted by molar-refractivity contribution is 0.103. The van der Waals surface area contributed by atoms with Crippen LogP contribution in [0, 0.1) is 0 Å². The van der Waals surface area contributed by atoms with Crippen molar-refractivity contribution < 1.29 is 14.3 Å². The molecule has 0 aliphatic heterocycles. The minimum atomic E-state index is -0.428. The van der Waals surface area contributed by atoms with E-state index in [9.17, 15) is 4.79 Å². The van der Waals surface area contributed by atoms with Gasteiger partial charge in [0.15, 0.2) is 5.75 Å². The average molecular weight is 511 g/mol.